The summed E-state index contributed by atoms with van der Waals surface area (Å²) in [6.07, 6.45) is 6.09. The van der Waals surface area contributed by atoms with Gasteiger partial charge in [-0.1, -0.05) is 23.9 Å². The molecule has 1 saturated carbocycles. The number of rotatable bonds is 4. The maximum absolute atomic E-state index is 13.3. The maximum Gasteiger partial charge on any atom is 0.250 e. The van der Waals surface area contributed by atoms with Crippen molar-refractivity contribution in [2.75, 3.05) is 10.2 Å². The molecule has 2 aromatic rings. The number of carbonyl (C=O) groups is 2. The van der Waals surface area contributed by atoms with Crippen molar-refractivity contribution in [1.82, 2.24) is 9.55 Å². The van der Waals surface area contributed by atoms with Gasteiger partial charge >= 0.3 is 0 Å². The van der Waals surface area contributed by atoms with E-state index < -0.39 is 5.54 Å². The van der Waals surface area contributed by atoms with E-state index in [0.717, 1.165) is 10.8 Å². The van der Waals surface area contributed by atoms with E-state index in [-0.39, 0.29) is 17.1 Å². The molecule has 0 radical (unpaired) electrons. The van der Waals surface area contributed by atoms with Gasteiger partial charge in [-0.15, -0.1) is 0 Å². The molecule has 1 unspecified atom stereocenters. The molecule has 2 amide bonds. The average molecular weight is 370 g/mol. The number of fused-ring (bicyclic) bond motifs is 1. The minimum Gasteiger partial charge on any atom is -0.323 e. The highest BCUT2D eigenvalue weighted by molar-refractivity contribution is 8.00. The highest BCUT2D eigenvalue weighted by Crippen LogP contribution is 2.41. The molecule has 1 aliphatic heterocycles. The number of hydrogen-bond acceptors (Lipinski definition) is 4. The van der Waals surface area contributed by atoms with Crippen LogP contribution in [0, 0.1) is 0 Å². The van der Waals surface area contributed by atoms with Crippen molar-refractivity contribution < 1.29 is 9.59 Å². The van der Waals surface area contributed by atoms with Crippen LogP contribution in [0.15, 0.2) is 41.8 Å². The molecule has 2 heterocycles. The van der Waals surface area contributed by atoms with Gasteiger partial charge in [-0.3, -0.25) is 14.5 Å². The first-order chi connectivity index (χ1) is 12.4. The van der Waals surface area contributed by atoms with Gasteiger partial charge in [-0.25, -0.2) is 4.98 Å². The van der Waals surface area contributed by atoms with Gasteiger partial charge in [0.1, 0.15) is 5.54 Å². The lowest BCUT2D eigenvalue weighted by molar-refractivity contribution is -0.126. The molecule has 0 bridgehead atoms. The highest BCUT2D eigenvalue weighted by atomic mass is 32.2. The number of imidazole rings is 1. The van der Waals surface area contributed by atoms with Crippen molar-refractivity contribution in [2.24, 2.45) is 0 Å². The molecule has 0 spiro atoms. The Bertz CT molecular complexity index is 872. The van der Waals surface area contributed by atoms with E-state index in [9.17, 15) is 9.59 Å². The molecule has 1 fully saturated rings. The number of nitrogens with one attached hydrogen (secondary N) is 1. The Balaban J connectivity index is 1.63. The second-order valence-electron chi connectivity index (χ2n) is 7.31. The van der Waals surface area contributed by atoms with Crippen molar-refractivity contribution in [2.45, 2.75) is 55.6 Å². The van der Waals surface area contributed by atoms with E-state index in [1.807, 2.05) is 37.4 Å². The van der Waals surface area contributed by atoms with Gasteiger partial charge in [-0.2, -0.15) is 0 Å². The van der Waals surface area contributed by atoms with E-state index in [2.05, 4.69) is 14.9 Å². The number of para-hydroxylation sites is 2. The van der Waals surface area contributed by atoms with Crippen LogP contribution in [0.3, 0.4) is 0 Å². The van der Waals surface area contributed by atoms with Crippen LogP contribution in [0.4, 0.5) is 11.4 Å². The second-order valence-corrected chi connectivity index (χ2v) is 8.62. The number of aromatic nitrogens is 2. The van der Waals surface area contributed by atoms with Crippen LogP contribution in [0.1, 0.15) is 39.7 Å². The Kier molecular flexibility index (Phi) is 4.06. The van der Waals surface area contributed by atoms with E-state index in [4.69, 9.17) is 0 Å². The van der Waals surface area contributed by atoms with Crippen LogP contribution in [0.5, 0.6) is 0 Å². The van der Waals surface area contributed by atoms with Crippen LogP contribution >= 0.6 is 11.8 Å². The topological polar surface area (TPSA) is 67.2 Å². The quantitative estimate of drug-likeness (QED) is 0.837. The zero-order valence-corrected chi connectivity index (χ0v) is 15.9. The lowest BCUT2D eigenvalue weighted by Gasteiger charge is -2.43. The summed E-state index contributed by atoms with van der Waals surface area (Å²) in [5.41, 5.74) is 0.452. The summed E-state index contributed by atoms with van der Waals surface area (Å²) in [4.78, 5) is 31.9. The van der Waals surface area contributed by atoms with E-state index in [1.165, 1.54) is 24.6 Å². The second kappa shape index (κ2) is 6.16. The zero-order chi connectivity index (χ0) is 18.5. The Hall–Kier alpha value is -2.28. The van der Waals surface area contributed by atoms with E-state index in [1.54, 1.807) is 24.9 Å². The predicted molar refractivity (Wildman–Crippen MR) is 102 cm³/mol. The first kappa shape index (κ1) is 17.1. The van der Waals surface area contributed by atoms with Gasteiger partial charge in [0.15, 0.2) is 5.16 Å². The molecule has 1 aliphatic carbocycles. The zero-order valence-electron chi connectivity index (χ0n) is 15.1. The third-order valence-electron chi connectivity index (χ3n) is 4.93. The van der Waals surface area contributed by atoms with E-state index >= 15 is 0 Å². The summed E-state index contributed by atoms with van der Waals surface area (Å²) in [5.74, 6) is -0.270. The monoisotopic (exact) mass is 370 g/mol. The third kappa shape index (κ3) is 2.80. The van der Waals surface area contributed by atoms with Crippen LogP contribution in [-0.2, 0) is 9.59 Å². The molecule has 26 heavy (non-hydrogen) atoms. The van der Waals surface area contributed by atoms with Crippen molar-refractivity contribution in [3.05, 3.63) is 36.7 Å². The van der Waals surface area contributed by atoms with Crippen molar-refractivity contribution >= 4 is 35.0 Å². The smallest absolute Gasteiger partial charge is 0.250 e. The minimum atomic E-state index is -0.952. The number of thioether (sulfide) groups is 1. The Morgan fingerprint density at radius 3 is 2.81 bits per heavy atom. The largest absolute Gasteiger partial charge is 0.323 e. The van der Waals surface area contributed by atoms with Crippen LogP contribution < -0.4 is 10.2 Å². The fourth-order valence-corrected chi connectivity index (χ4v) is 4.23. The molecule has 1 aromatic heterocycles. The molecule has 4 rings (SSSR count). The SMILES string of the molecule is CC(Sc1nccn1C1CC1)C(=O)N1c2ccccc2NC(=O)C1(C)C. The first-order valence-corrected chi connectivity index (χ1v) is 9.71. The lowest BCUT2D eigenvalue weighted by Crippen LogP contribution is -2.60. The molecule has 7 heteroatoms. The molecule has 1 atom stereocenters. The van der Waals surface area contributed by atoms with Crippen molar-refractivity contribution in [3.63, 3.8) is 0 Å². The Morgan fingerprint density at radius 2 is 2.08 bits per heavy atom. The van der Waals surface area contributed by atoms with Gasteiger partial charge in [-0.05, 0) is 45.7 Å². The fourth-order valence-electron chi connectivity index (χ4n) is 3.26. The lowest BCUT2D eigenvalue weighted by atomic mass is 9.96. The molecular formula is C19H22N4O2S. The standard InChI is InChI=1S/C19H22N4O2S/c1-12(26-18-20-10-11-22(18)13-8-9-13)16(24)23-15-7-5-4-6-14(15)21-17(25)19(23,2)3/h4-7,10-13H,8-9H2,1-3H3,(H,21,25). The van der Waals surface area contributed by atoms with E-state index in [0.29, 0.717) is 11.7 Å². The average Bonchev–Trinajstić information content (AvgIpc) is 3.35. The normalized spacial score (nSPS) is 19.7. The van der Waals surface area contributed by atoms with Gasteiger partial charge in [0.05, 0.1) is 16.6 Å². The van der Waals surface area contributed by atoms with Crippen LogP contribution in [0.25, 0.3) is 0 Å². The summed E-state index contributed by atoms with van der Waals surface area (Å²) >= 11 is 1.45. The fraction of sp³-hybridized carbons (Fsp3) is 0.421. The molecule has 1 aromatic carbocycles. The molecule has 6 nitrogen and oxygen atoms in total. The van der Waals surface area contributed by atoms with Crippen LogP contribution in [-0.4, -0.2) is 32.2 Å². The number of anilines is 2. The molecule has 2 aliphatic rings. The van der Waals surface area contributed by atoms with Gasteiger partial charge in [0, 0.05) is 18.4 Å². The summed E-state index contributed by atoms with van der Waals surface area (Å²) < 4.78 is 2.15. The van der Waals surface area contributed by atoms with Gasteiger partial charge < -0.3 is 9.88 Å². The minimum absolute atomic E-state index is 0.0901. The highest BCUT2D eigenvalue weighted by Gasteiger charge is 2.45. The molecule has 1 N–H and O–H groups in total. The molecule has 136 valence electrons. The molecular weight excluding hydrogens is 348 g/mol. The Labute approximate surface area is 157 Å². The summed E-state index contributed by atoms with van der Waals surface area (Å²) in [5, 5.41) is 3.40. The number of hydrogen-bond donors (Lipinski definition) is 1. The van der Waals surface area contributed by atoms with Gasteiger partial charge in [0.25, 0.3) is 0 Å². The maximum atomic E-state index is 13.3. The number of nitrogens with zero attached hydrogens (tertiary/aromatic N) is 3. The van der Waals surface area contributed by atoms with Gasteiger partial charge in [0.2, 0.25) is 11.8 Å². The summed E-state index contributed by atoms with van der Waals surface area (Å²) in [7, 11) is 0. The van der Waals surface area contributed by atoms with Crippen molar-refractivity contribution in [1.29, 1.82) is 0 Å². The van der Waals surface area contributed by atoms with Crippen molar-refractivity contribution in [3.8, 4) is 0 Å². The third-order valence-corrected chi connectivity index (χ3v) is 6.01. The Morgan fingerprint density at radius 1 is 1.35 bits per heavy atom. The number of benzene rings is 1. The van der Waals surface area contributed by atoms with Crippen LogP contribution in [0.2, 0.25) is 0 Å². The molecule has 0 saturated heterocycles. The summed E-state index contributed by atoms with van der Waals surface area (Å²) in [6.45, 7) is 5.43. The number of amides is 2. The summed E-state index contributed by atoms with van der Waals surface area (Å²) in [6, 6.07) is 7.94. The first-order valence-electron chi connectivity index (χ1n) is 8.83. The number of carbonyl (C=O) groups excluding carboxylic acids is 2. The predicted octanol–water partition coefficient (Wildman–Crippen LogP) is 3.46.